The molecule has 1 saturated heterocycles. The Labute approximate surface area is 206 Å². The number of piperidine rings is 1. The van der Waals surface area contributed by atoms with Crippen molar-refractivity contribution in [3.05, 3.63) is 102 Å². The first-order valence-electron chi connectivity index (χ1n) is 12.1. The van der Waals surface area contributed by atoms with Crippen LogP contribution in [0.2, 0.25) is 0 Å². The minimum Gasteiger partial charge on any atom is -0.338 e. The van der Waals surface area contributed by atoms with Gasteiger partial charge in [0.05, 0.1) is 12.0 Å². The van der Waals surface area contributed by atoms with Crippen molar-refractivity contribution < 1.29 is 4.79 Å². The van der Waals surface area contributed by atoms with Gasteiger partial charge in [0.15, 0.2) is 5.82 Å². The molecule has 1 fully saturated rings. The van der Waals surface area contributed by atoms with E-state index in [2.05, 4.69) is 33.4 Å². The molecule has 0 saturated carbocycles. The van der Waals surface area contributed by atoms with Gasteiger partial charge < -0.3 is 14.4 Å². The minimum absolute atomic E-state index is 0.105. The molecule has 0 bridgehead atoms. The van der Waals surface area contributed by atoms with E-state index in [0.717, 1.165) is 60.7 Å². The summed E-state index contributed by atoms with van der Waals surface area (Å²) in [5, 5.41) is 8.94. The number of aromatic nitrogens is 4. The molecule has 1 amide bonds. The molecule has 2 aromatic heterocycles. The maximum atomic E-state index is 13.3. The molecule has 1 aliphatic heterocycles. The molecular weight excluding hydrogens is 436 g/mol. The number of amides is 1. The van der Waals surface area contributed by atoms with Crippen LogP contribution in [0.3, 0.4) is 0 Å². The zero-order chi connectivity index (χ0) is 24.0. The second-order valence-electron chi connectivity index (χ2n) is 9.18. The van der Waals surface area contributed by atoms with Gasteiger partial charge in [0, 0.05) is 50.3 Å². The number of carbonyl (C=O) groups excluding carboxylic acids is 1. The largest absolute Gasteiger partial charge is 0.338 e. The summed E-state index contributed by atoms with van der Waals surface area (Å²) in [7, 11) is 1.99. The van der Waals surface area contributed by atoms with E-state index in [1.807, 2.05) is 76.1 Å². The highest BCUT2D eigenvalue weighted by atomic mass is 16.2. The van der Waals surface area contributed by atoms with Crippen LogP contribution in [-0.4, -0.2) is 50.7 Å². The number of rotatable bonds is 7. The molecule has 0 spiro atoms. The van der Waals surface area contributed by atoms with Crippen LogP contribution in [0, 0.1) is 5.92 Å². The summed E-state index contributed by atoms with van der Waals surface area (Å²) in [6.07, 6.45) is 8.41. The fourth-order valence-corrected chi connectivity index (χ4v) is 4.71. The number of benzene rings is 2. The van der Waals surface area contributed by atoms with Gasteiger partial charge >= 0.3 is 0 Å². The number of anilines is 2. The third-order valence-corrected chi connectivity index (χ3v) is 6.60. The Morgan fingerprint density at radius 3 is 2.71 bits per heavy atom. The van der Waals surface area contributed by atoms with Gasteiger partial charge in [0.1, 0.15) is 0 Å². The molecule has 3 heterocycles. The van der Waals surface area contributed by atoms with Crippen molar-refractivity contribution in [3.63, 3.8) is 0 Å². The average molecular weight is 467 g/mol. The minimum atomic E-state index is 0.105. The van der Waals surface area contributed by atoms with Crippen molar-refractivity contribution >= 4 is 17.4 Å². The Morgan fingerprint density at radius 2 is 1.94 bits per heavy atom. The van der Waals surface area contributed by atoms with Crippen LogP contribution in [0.15, 0.2) is 85.5 Å². The van der Waals surface area contributed by atoms with Gasteiger partial charge in [-0.3, -0.25) is 4.79 Å². The van der Waals surface area contributed by atoms with Crippen molar-refractivity contribution in [1.29, 1.82) is 0 Å². The predicted octanol–water partition coefficient (Wildman–Crippen LogP) is 4.58. The summed E-state index contributed by atoms with van der Waals surface area (Å²) >= 11 is 0. The maximum Gasteiger partial charge on any atom is 0.253 e. The lowest BCUT2D eigenvalue weighted by molar-refractivity contribution is 0.0672. The smallest absolute Gasteiger partial charge is 0.253 e. The lowest BCUT2D eigenvalue weighted by Gasteiger charge is -2.33. The van der Waals surface area contributed by atoms with E-state index in [1.54, 1.807) is 12.5 Å². The van der Waals surface area contributed by atoms with Crippen LogP contribution in [0.5, 0.6) is 0 Å². The number of hydrogen-bond acceptors (Lipinski definition) is 5. The number of likely N-dealkylation sites (tertiary alicyclic amines) is 1. The zero-order valence-electron chi connectivity index (χ0n) is 20.0. The van der Waals surface area contributed by atoms with E-state index in [4.69, 9.17) is 0 Å². The molecule has 4 aromatic rings. The predicted molar refractivity (Wildman–Crippen MR) is 137 cm³/mol. The molecule has 178 valence electrons. The molecule has 0 aliphatic carbocycles. The molecule has 0 unspecified atom stereocenters. The topological polar surface area (TPSA) is 67.2 Å². The third kappa shape index (κ3) is 5.57. The van der Waals surface area contributed by atoms with E-state index in [0.29, 0.717) is 12.5 Å². The molecule has 5 rings (SSSR count). The van der Waals surface area contributed by atoms with Crippen molar-refractivity contribution in [2.75, 3.05) is 25.0 Å². The van der Waals surface area contributed by atoms with Crippen LogP contribution in [0.1, 0.15) is 34.5 Å². The van der Waals surface area contributed by atoms with Gasteiger partial charge in [-0.15, -0.1) is 5.10 Å². The number of carbonyl (C=O) groups is 1. The molecule has 7 nitrogen and oxygen atoms in total. The molecule has 0 radical (unpaired) electrons. The standard InChI is InChI=1S/C28H30N6O/c1-32(26-10-3-2-4-11-26)27-13-12-25(30-31-27)18-23-8-6-15-34(20-23)28(35)24-9-5-7-22(17-24)19-33-16-14-29-21-33/h2-5,7,9-14,16-17,21,23H,6,8,15,18-20H2,1H3/t23-/m0/s1. The third-order valence-electron chi connectivity index (χ3n) is 6.60. The zero-order valence-corrected chi connectivity index (χ0v) is 20.0. The lowest BCUT2D eigenvalue weighted by Crippen LogP contribution is -2.40. The summed E-state index contributed by atoms with van der Waals surface area (Å²) in [5.74, 6) is 1.30. The van der Waals surface area contributed by atoms with Crippen molar-refractivity contribution in [2.45, 2.75) is 25.8 Å². The van der Waals surface area contributed by atoms with Gasteiger partial charge in [-0.2, -0.15) is 5.10 Å². The Bertz CT molecular complexity index is 1240. The number of imidazole rings is 1. The quantitative estimate of drug-likeness (QED) is 0.399. The molecule has 1 atom stereocenters. The second kappa shape index (κ2) is 10.5. The van der Waals surface area contributed by atoms with Crippen molar-refractivity contribution in [1.82, 2.24) is 24.6 Å². The second-order valence-corrected chi connectivity index (χ2v) is 9.18. The van der Waals surface area contributed by atoms with E-state index < -0.39 is 0 Å². The number of para-hydroxylation sites is 1. The molecule has 0 N–H and O–H groups in total. The SMILES string of the molecule is CN(c1ccccc1)c1ccc(C[C@@H]2CCCN(C(=O)c3cccc(Cn4ccnc4)c3)C2)nn1. The van der Waals surface area contributed by atoms with Crippen LogP contribution in [0.4, 0.5) is 11.5 Å². The summed E-state index contributed by atoms with van der Waals surface area (Å²) in [6.45, 7) is 2.25. The van der Waals surface area contributed by atoms with Crippen LogP contribution < -0.4 is 4.90 Å². The lowest BCUT2D eigenvalue weighted by atomic mass is 9.92. The molecule has 7 heteroatoms. The Hall–Kier alpha value is -4.00. The summed E-state index contributed by atoms with van der Waals surface area (Å²) < 4.78 is 2.00. The highest BCUT2D eigenvalue weighted by molar-refractivity contribution is 5.94. The van der Waals surface area contributed by atoms with E-state index in [1.165, 1.54) is 0 Å². The number of nitrogens with zero attached hydrogens (tertiary/aromatic N) is 6. The Kier molecular flexibility index (Phi) is 6.84. The fraction of sp³-hybridized carbons (Fsp3) is 0.286. The van der Waals surface area contributed by atoms with E-state index >= 15 is 0 Å². The first-order valence-corrected chi connectivity index (χ1v) is 12.1. The highest BCUT2D eigenvalue weighted by Gasteiger charge is 2.25. The summed E-state index contributed by atoms with van der Waals surface area (Å²) in [6, 6.07) is 22.1. The van der Waals surface area contributed by atoms with Crippen LogP contribution in [0.25, 0.3) is 0 Å². The number of hydrogen-bond donors (Lipinski definition) is 0. The van der Waals surface area contributed by atoms with E-state index in [9.17, 15) is 4.79 Å². The van der Waals surface area contributed by atoms with Crippen molar-refractivity contribution in [2.24, 2.45) is 5.92 Å². The molecular formula is C28H30N6O. The normalized spacial score (nSPS) is 15.7. The van der Waals surface area contributed by atoms with Crippen LogP contribution in [-0.2, 0) is 13.0 Å². The van der Waals surface area contributed by atoms with Gasteiger partial charge in [-0.05, 0) is 67.1 Å². The fourth-order valence-electron chi connectivity index (χ4n) is 4.71. The summed E-state index contributed by atoms with van der Waals surface area (Å²) in [5.41, 5.74) is 3.89. The Morgan fingerprint density at radius 1 is 1.06 bits per heavy atom. The molecule has 2 aromatic carbocycles. The van der Waals surface area contributed by atoms with Gasteiger partial charge in [-0.25, -0.2) is 4.98 Å². The van der Waals surface area contributed by atoms with E-state index in [-0.39, 0.29) is 5.91 Å². The van der Waals surface area contributed by atoms with Gasteiger partial charge in [0.2, 0.25) is 0 Å². The first kappa shape index (κ1) is 22.8. The van der Waals surface area contributed by atoms with Crippen LogP contribution >= 0.6 is 0 Å². The van der Waals surface area contributed by atoms with Gasteiger partial charge in [0.25, 0.3) is 5.91 Å². The first-order chi connectivity index (χ1) is 17.2. The molecule has 1 aliphatic rings. The monoisotopic (exact) mass is 466 g/mol. The van der Waals surface area contributed by atoms with Gasteiger partial charge in [-0.1, -0.05) is 30.3 Å². The summed E-state index contributed by atoms with van der Waals surface area (Å²) in [4.78, 5) is 21.4. The van der Waals surface area contributed by atoms with Crippen molar-refractivity contribution in [3.8, 4) is 0 Å². The molecule has 35 heavy (non-hydrogen) atoms. The highest BCUT2D eigenvalue weighted by Crippen LogP contribution is 2.24. The maximum absolute atomic E-state index is 13.3. The average Bonchev–Trinajstić information content (AvgIpc) is 3.42. The Balaban J connectivity index is 1.20.